The normalized spacial score (nSPS) is 17.3. The second kappa shape index (κ2) is 8.23. The maximum absolute atomic E-state index is 12.3. The molecule has 0 unspecified atom stereocenters. The minimum atomic E-state index is -0.785. The number of benzene rings is 1. The maximum Gasteiger partial charge on any atom is 0.411 e. The SMILES string of the molecule is CC(C)(C)OC(=O)N1CCS[C@H]1C(=O)OCC(=O)c1ccc(Br)cc1. The van der Waals surface area contributed by atoms with Crippen LogP contribution in [0.15, 0.2) is 28.7 Å². The highest BCUT2D eigenvalue weighted by atomic mass is 79.9. The molecule has 0 aromatic heterocycles. The van der Waals surface area contributed by atoms with Gasteiger partial charge < -0.3 is 9.47 Å². The van der Waals surface area contributed by atoms with E-state index in [0.29, 0.717) is 17.9 Å². The van der Waals surface area contributed by atoms with Crippen LogP contribution in [0.4, 0.5) is 4.79 Å². The van der Waals surface area contributed by atoms with Crippen LogP contribution in [0.1, 0.15) is 31.1 Å². The minimum absolute atomic E-state index is 0.298. The largest absolute Gasteiger partial charge is 0.455 e. The number of esters is 1. The summed E-state index contributed by atoms with van der Waals surface area (Å²) < 4.78 is 11.3. The van der Waals surface area contributed by atoms with E-state index in [1.54, 1.807) is 45.0 Å². The number of ether oxygens (including phenoxy) is 2. The predicted octanol–water partition coefficient (Wildman–Crippen LogP) is 3.49. The molecule has 1 heterocycles. The van der Waals surface area contributed by atoms with Crippen LogP contribution in [0, 0.1) is 0 Å². The first-order valence-corrected chi connectivity index (χ1v) is 9.58. The Morgan fingerprint density at radius 3 is 2.48 bits per heavy atom. The smallest absolute Gasteiger partial charge is 0.411 e. The number of halogens is 1. The lowest BCUT2D eigenvalue weighted by atomic mass is 10.1. The van der Waals surface area contributed by atoms with E-state index in [2.05, 4.69) is 15.9 Å². The summed E-state index contributed by atoms with van der Waals surface area (Å²) >= 11 is 4.59. The minimum Gasteiger partial charge on any atom is -0.455 e. The third kappa shape index (κ3) is 5.74. The molecule has 1 aliphatic rings. The second-order valence-electron chi connectivity index (χ2n) is 6.43. The number of carbonyl (C=O) groups is 3. The molecule has 1 amide bonds. The average molecular weight is 430 g/mol. The van der Waals surface area contributed by atoms with Crippen LogP contribution in [0.5, 0.6) is 0 Å². The zero-order chi connectivity index (χ0) is 18.6. The van der Waals surface area contributed by atoms with Gasteiger partial charge in [-0.1, -0.05) is 28.1 Å². The van der Waals surface area contributed by atoms with Crippen molar-refractivity contribution in [2.24, 2.45) is 0 Å². The number of hydrogen-bond acceptors (Lipinski definition) is 6. The van der Waals surface area contributed by atoms with Gasteiger partial charge in [0.15, 0.2) is 17.8 Å². The predicted molar refractivity (Wildman–Crippen MR) is 98.6 cm³/mol. The van der Waals surface area contributed by atoms with E-state index in [-0.39, 0.29) is 12.4 Å². The highest BCUT2D eigenvalue weighted by molar-refractivity contribution is 9.10. The van der Waals surface area contributed by atoms with Crippen molar-refractivity contribution >= 4 is 45.5 Å². The van der Waals surface area contributed by atoms with Crippen LogP contribution >= 0.6 is 27.7 Å². The topological polar surface area (TPSA) is 72.9 Å². The molecule has 136 valence electrons. The molecule has 8 heteroatoms. The molecule has 1 aliphatic heterocycles. The molecule has 1 aromatic rings. The fraction of sp³-hybridized carbons (Fsp3) is 0.471. The Morgan fingerprint density at radius 1 is 1.24 bits per heavy atom. The number of carbonyl (C=O) groups excluding carboxylic acids is 3. The van der Waals surface area contributed by atoms with E-state index < -0.39 is 23.0 Å². The number of thioether (sulfide) groups is 1. The molecule has 1 atom stereocenters. The molecular weight excluding hydrogens is 410 g/mol. The fourth-order valence-corrected chi connectivity index (χ4v) is 3.47. The van der Waals surface area contributed by atoms with Gasteiger partial charge in [-0.15, -0.1) is 11.8 Å². The van der Waals surface area contributed by atoms with Crippen LogP contribution in [0.3, 0.4) is 0 Å². The summed E-state index contributed by atoms with van der Waals surface area (Å²) in [5.74, 6) is -0.300. The van der Waals surface area contributed by atoms with Gasteiger partial charge in [-0.25, -0.2) is 9.59 Å². The first kappa shape index (κ1) is 19.8. The van der Waals surface area contributed by atoms with E-state index in [1.165, 1.54) is 16.7 Å². The molecule has 0 aliphatic carbocycles. The zero-order valence-electron chi connectivity index (χ0n) is 14.3. The van der Waals surface area contributed by atoms with E-state index in [9.17, 15) is 14.4 Å². The van der Waals surface area contributed by atoms with Gasteiger partial charge in [0.2, 0.25) is 0 Å². The van der Waals surface area contributed by atoms with Crippen molar-refractivity contribution in [2.75, 3.05) is 18.9 Å². The van der Waals surface area contributed by atoms with Crippen molar-refractivity contribution < 1.29 is 23.9 Å². The Labute approximate surface area is 159 Å². The second-order valence-corrected chi connectivity index (χ2v) is 8.54. The molecule has 2 rings (SSSR count). The van der Waals surface area contributed by atoms with Gasteiger partial charge in [0.05, 0.1) is 0 Å². The highest BCUT2D eigenvalue weighted by Gasteiger charge is 2.38. The number of rotatable bonds is 4. The molecule has 0 saturated carbocycles. The Hall–Kier alpha value is -1.54. The molecule has 1 aromatic carbocycles. The van der Waals surface area contributed by atoms with Gasteiger partial charge in [-0.2, -0.15) is 0 Å². The third-order valence-corrected chi connectivity index (χ3v) is 4.94. The van der Waals surface area contributed by atoms with Gasteiger partial charge in [-0.3, -0.25) is 9.69 Å². The zero-order valence-corrected chi connectivity index (χ0v) is 16.7. The quantitative estimate of drug-likeness (QED) is 0.538. The summed E-state index contributed by atoms with van der Waals surface area (Å²) in [7, 11) is 0. The average Bonchev–Trinajstić information content (AvgIpc) is 3.01. The van der Waals surface area contributed by atoms with Gasteiger partial charge in [0, 0.05) is 22.3 Å². The number of amides is 1. The molecule has 0 radical (unpaired) electrons. The van der Waals surface area contributed by atoms with Gasteiger partial charge >= 0.3 is 12.1 Å². The van der Waals surface area contributed by atoms with E-state index in [0.717, 1.165) is 4.47 Å². The fourth-order valence-electron chi connectivity index (χ4n) is 2.10. The summed E-state index contributed by atoms with van der Waals surface area (Å²) in [6.07, 6.45) is -0.557. The molecule has 1 saturated heterocycles. The van der Waals surface area contributed by atoms with E-state index >= 15 is 0 Å². The third-order valence-electron chi connectivity index (χ3n) is 3.23. The lowest BCUT2D eigenvalue weighted by molar-refractivity contribution is -0.144. The Kier molecular flexibility index (Phi) is 6.51. The van der Waals surface area contributed by atoms with Crippen LogP contribution < -0.4 is 0 Å². The van der Waals surface area contributed by atoms with Crippen LogP contribution in [-0.2, 0) is 14.3 Å². The Bertz CT molecular complexity index is 656. The van der Waals surface area contributed by atoms with E-state index in [1.807, 2.05) is 0 Å². The Balaban J connectivity index is 1.92. The number of hydrogen-bond donors (Lipinski definition) is 0. The molecule has 0 bridgehead atoms. The van der Waals surface area contributed by atoms with Gasteiger partial charge in [0.1, 0.15) is 5.60 Å². The van der Waals surface area contributed by atoms with Crippen LogP contribution in [0.25, 0.3) is 0 Å². The van der Waals surface area contributed by atoms with Gasteiger partial charge in [-0.05, 0) is 32.9 Å². The first-order valence-electron chi connectivity index (χ1n) is 7.74. The van der Waals surface area contributed by atoms with Crippen molar-refractivity contribution in [1.82, 2.24) is 4.90 Å². The summed E-state index contributed by atoms with van der Waals surface area (Å²) in [5.41, 5.74) is -0.185. The summed E-state index contributed by atoms with van der Waals surface area (Å²) in [5, 5.41) is -0.785. The summed E-state index contributed by atoms with van der Waals surface area (Å²) in [6, 6.07) is 6.79. The van der Waals surface area contributed by atoms with Crippen LogP contribution in [-0.4, -0.2) is 52.6 Å². The molecule has 1 fully saturated rings. The molecule has 25 heavy (non-hydrogen) atoms. The molecular formula is C17H20BrNO5S. The van der Waals surface area contributed by atoms with Crippen molar-refractivity contribution in [3.8, 4) is 0 Å². The lowest BCUT2D eigenvalue weighted by Crippen LogP contribution is -2.43. The van der Waals surface area contributed by atoms with Crippen molar-refractivity contribution in [3.05, 3.63) is 34.3 Å². The lowest BCUT2D eigenvalue weighted by Gasteiger charge is -2.26. The van der Waals surface area contributed by atoms with E-state index in [4.69, 9.17) is 9.47 Å². The number of nitrogens with zero attached hydrogens (tertiary/aromatic N) is 1. The molecule has 0 N–H and O–H groups in total. The van der Waals surface area contributed by atoms with Gasteiger partial charge in [0.25, 0.3) is 0 Å². The van der Waals surface area contributed by atoms with Crippen molar-refractivity contribution in [1.29, 1.82) is 0 Å². The molecule has 6 nitrogen and oxygen atoms in total. The van der Waals surface area contributed by atoms with Crippen molar-refractivity contribution in [3.63, 3.8) is 0 Å². The summed E-state index contributed by atoms with van der Waals surface area (Å²) in [4.78, 5) is 37.9. The number of ketones is 1. The highest BCUT2D eigenvalue weighted by Crippen LogP contribution is 2.27. The molecule has 0 spiro atoms. The van der Waals surface area contributed by atoms with Crippen molar-refractivity contribution in [2.45, 2.75) is 31.7 Å². The maximum atomic E-state index is 12.3. The number of Topliss-reactive ketones (excluding diaryl/α,β-unsaturated/α-hetero) is 1. The standard InChI is InChI=1S/C17H20BrNO5S/c1-17(2,3)24-16(22)19-8-9-25-14(19)15(21)23-10-13(20)11-4-6-12(18)7-5-11/h4-7,14H,8-10H2,1-3H3/t14-/m0/s1. The monoisotopic (exact) mass is 429 g/mol. The first-order chi connectivity index (χ1) is 11.7. The Morgan fingerprint density at radius 2 is 1.88 bits per heavy atom. The summed E-state index contributed by atoms with van der Waals surface area (Å²) in [6.45, 7) is 5.33. The van der Waals surface area contributed by atoms with Crippen LogP contribution in [0.2, 0.25) is 0 Å².